The highest BCUT2D eigenvalue weighted by Gasteiger charge is 2.07. The molecule has 17 heavy (non-hydrogen) atoms. The fraction of sp³-hybridized carbons (Fsp3) is 0.417. The molecule has 0 heterocycles. The maximum absolute atomic E-state index is 11.2. The maximum atomic E-state index is 11.2. The number of hydrogen-bond donors (Lipinski definition) is 0. The van der Waals surface area contributed by atoms with Crippen molar-refractivity contribution in [2.24, 2.45) is 0 Å². The monoisotopic (exact) mass is 270 g/mol. The summed E-state index contributed by atoms with van der Waals surface area (Å²) in [7, 11) is 0.378. The first-order valence-electron chi connectivity index (χ1n) is 5.47. The van der Waals surface area contributed by atoms with E-state index >= 15 is 0 Å². The number of hydrogen-bond acceptors (Lipinski definition) is 3. The van der Waals surface area contributed by atoms with E-state index in [1.807, 2.05) is 18.2 Å². The average Bonchev–Trinajstić information content (AvgIpc) is 2.36. The van der Waals surface area contributed by atoms with Crippen LogP contribution >= 0.6 is 11.6 Å². The molecule has 0 saturated heterocycles. The van der Waals surface area contributed by atoms with E-state index in [4.69, 9.17) is 20.8 Å². The molecule has 92 valence electrons. The van der Waals surface area contributed by atoms with Crippen molar-refractivity contribution in [1.82, 2.24) is 0 Å². The van der Waals surface area contributed by atoms with E-state index < -0.39 is 0 Å². The Morgan fingerprint density at radius 1 is 1.41 bits per heavy atom. The van der Waals surface area contributed by atoms with Crippen LogP contribution in [0.1, 0.15) is 18.9 Å². The highest BCUT2D eigenvalue weighted by atomic mass is 35.5. The Morgan fingerprint density at radius 2 is 2.18 bits per heavy atom. The van der Waals surface area contributed by atoms with Crippen molar-refractivity contribution in [3.63, 3.8) is 0 Å². The molecular weight excluding hydrogens is 256 g/mol. The van der Waals surface area contributed by atoms with Crippen LogP contribution in [0.2, 0.25) is 6.04 Å². The molecule has 1 aromatic rings. The highest BCUT2D eigenvalue weighted by molar-refractivity contribution is 6.31. The first kappa shape index (κ1) is 14.2. The van der Waals surface area contributed by atoms with Gasteiger partial charge in [-0.05, 0) is 12.1 Å². The van der Waals surface area contributed by atoms with Gasteiger partial charge < -0.3 is 9.16 Å². The molecule has 0 fully saturated rings. The SMILES string of the molecule is CCC(=O)Oc1ccccc1CO[Si]CCCl. The minimum absolute atomic E-state index is 0.236. The summed E-state index contributed by atoms with van der Waals surface area (Å²) in [5.74, 6) is 0.945. The molecule has 0 unspecified atom stereocenters. The molecular formula is C12H15ClO3Si. The molecule has 1 aromatic carbocycles. The molecule has 0 aliphatic carbocycles. The first-order valence-corrected chi connectivity index (χ1v) is 7.12. The second kappa shape index (κ2) is 8.28. The number of rotatable bonds is 7. The van der Waals surface area contributed by atoms with Gasteiger partial charge in [0.05, 0.1) is 6.61 Å². The van der Waals surface area contributed by atoms with Crippen LogP contribution in [0.4, 0.5) is 0 Å². The van der Waals surface area contributed by atoms with Crippen LogP contribution < -0.4 is 4.74 Å². The predicted molar refractivity (Wildman–Crippen MR) is 68.4 cm³/mol. The summed E-state index contributed by atoms with van der Waals surface area (Å²) in [6.07, 6.45) is 0.364. The van der Waals surface area contributed by atoms with Crippen molar-refractivity contribution >= 4 is 27.3 Å². The lowest BCUT2D eigenvalue weighted by Gasteiger charge is -2.09. The van der Waals surface area contributed by atoms with Crippen LogP contribution in [0.25, 0.3) is 0 Å². The number of esters is 1. The minimum atomic E-state index is -0.236. The molecule has 1 rings (SSSR count). The topological polar surface area (TPSA) is 35.5 Å². The fourth-order valence-corrected chi connectivity index (χ4v) is 1.87. The molecule has 0 aliphatic heterocycles. The van der Waals surface area contributed by atoms with Crippen molar-refractivity contribution in [2.45, 2.75) is 26.0 Å². The van der Waals surface area contributed by atoms with Crippen LogP contribution in [0, 0.1) is 0 Å². The van der Waals surface area contributed by atoms with Gasteiger partial charge >= 0.3 is 5.97 Å². The summed E-state index contributed by atoms with van der Waals surface area (Å²) in [6.45, 7) is 2.21. The van der Waals surface area contributed by atoms with E-state index in [0.29, 0.717) is 34.4 Å². The number of alkyl halides is 1. The Hall–Kier alpha value is -0.843. The van der Waals surface area contributed by atoms with E-state index in [1.54, 1.807) is 13.0 Å². The van der Waals surface area contributed by atoms with Gasteiger partial charge in [-0.1, -0.05) is 25.1 Å². The summed E-state index contributed by atoms with van der Waals surface area (Å²) < 4.78 is 10.7. The third kappa shape index (κ3) is 5.34. The van der Waals surface area contributed by atoms with Gasteiger partial charge in [0.1, 0.15) is 5.75 Å². The molecule has 2 radical (unpaired) electrons. The van der Waals surface area contributed by atoms with Crippen LogP contribution in [0.15, 0.2) is 24.3 Å². The number of carbonyl (C=O) groups excluding carboxylic acids is 1. The third-order valence-electron chi connectivity index (χ3n) is 2.01. The normalized spacial score (nSPS) is 10.2. The van der Waals surface area contributed by atoms with Crippen LogP contribution in [-0.4, -0.2) is 21.6 Å². The quantitative estimate of drug-likeness (QED) is 0.251. The molecule has 0 saturated carbocycles. The van der Waals surface area contributed by atoms with Crippen molar-refractivity contribution in [3.8, 4) is 5.75 Å². The van der Waals surface area contributed by atoms with Crippen molar-refractivity contribution in [1.29, 1.82) is 0 Å². The zero-order valence-electron chi connectivity index (χ0n) is 9.74. The number of ether oxygens (including phenoxy) is 1. The standard InChI is InChI=1S/C12H15ClO3Si/c1-2-12(14)16-11-6-4-3-5-10(11)9-15-17-8-7-13/h3-6H,2,7-9H2,1H3. The van der Waals surface area contributed by atoms with E-state index in [-0.39, 0.29) is 5.97 Å². The summed E-state index contributed by atoms with van der Waals surface area (Å²) in [5, 5.41) is 0. The zero-order valence-corrected chi connectivity index (χ0v) is 11.5. The molecule has 0 atom stereocenters. The van der Waals surface area contributed by atoms with Crippen molar-refractivity contribution in [2.75, 3.05) is 5.88 Å². The molecule has 3 nitrogen and oxygen atoms in total. The average molecular weight is 271 g/mol. The van der Waals surface area contributed by atoms with Gasteiger partial charge in [-0.15, -0.1) is 11.6 Å². The maximum Gasteiger partial charge on any atom is 0.310 e. The van der Waals surface area contributed by atoms with Gasteiger partial charge in [-0.3, -0.25) is 4.79 Å². The number of carbonyl (C=O) groups is 1. The molecule has 5 heteroatoms. The molecule has 0 amide bonds. The predicted octanol–water partition coefficient (Wildman–Crippen LogP) is 2.79. The Balaban J connectivity index is 2.54. The molecule has 0 aromatic heterocycles. The second-order valence-electron chi connectivity index (χ2n) is 3.31. The molecule has 0 spiro atoms. The van der Waals surface area contributed by atoms with E-state index in [2.05, 4.69) is 0 Å². The van der Waals surface area contributed by atoms with Gasteiger partial charge in [0.15, 0.2) is 0 Å². The fourth-order valence-electron chi connectivity index (χ4n) is 1.16. The van der Waals surface area contributed by atoms with Gasteiger partial charge in [-0.25, -0.2) is 0 Å². The van der Waals surface area contributed by atoms with Gasteiger partial charge in [0.2, 0.25) is 9.76 Å². The molecule has 0 N–H and O–H groups in total. The Bertz CT molecular complexity index is 357. The van der Waals surface area contributed by atoms with Gasteiger partial charge in [-0.2, -0.15) is 0 Å². The van der Waals surface area contributed by atoms with Crippen LogP contribution in [0.3, 0.4) is 0 Å². The van der Waals surface area contributed by atoms with E-state index in [0.717, 1.165) is 11.6 Å². The number of para-hydroxylation sites is 1. The lowest BCUT2D eigenvalue weighted by atomic mass is 10.2. The summed E-state index contributed by atoms with van der Waals surface area (Å²) >= 11 is 5.56. The van der Waals surface area contributed by atoms with E-state index in [1.165, 1.54) is 0 Å². The Labute approximate surface area is 109 Å². The Kier molecular flexibility index (Phi) is 6.92. The smallest absolute Gasteiger partial charge is 0.310 e. The van der Waals surface area contributed by atoms with Crippen LogP contribution in [-0.2, 0) is 15.8 Å². The highest BCUT2D eigenvalue weighted by Crippen LogP contribution is 2.19. The van der Waals surface area contributed by atoms with Gasteiger partial charge in [0.25, 0.3) is 0 Å². The largest absolute Gasteiger partial charge is 0.426 e. The lowest BCUT2D eigenvalue weighted by Crippen LogP contribution is -2.08. The second-order valence-corrected chi connectivity index (χ2v) is 4.76. The molecule has 0 aliphatic rings. The third-order valence-corrected chi connectivity index (χ3v) is 3.32. The Morgan fingerprint density at radius 3 is 2.88 bits per heavy atom. The summed E-state index contributed by atoms with van der Waals surface area (Å²) in [6, 6.07) is 8.24. The first-order chi connectivity index (χ1) is 8.27. The lowest BCUT2D eigenvalue weighted by molar-refractivity contribution is -0.134. The van der Waals surface area contributed by atoms with Crippen molar-refractivity contribution in [3.05, 3.63) is 29.8 Å². The van der Waals surface area contributed by atoms with Gasteiger partial charge in [0, 0.05) is 17.9 Å². The molecule has 0 bridgehead atoms. The summed E-state index contributed by atoms with van der Waals surface area (Å²) in [5.41, 5.74) is 0.886. The van der Waals surface area contributed by atoms with Crippen molar-refractivity contribution < 1.29 is 14.0 Å². The van der Waals surface area contributed by atoms with E-state index in [9.17, 15) is 4.79 Å². The zero-order chi connectivity index (χ0) is 12.5. The van der Waals surface area contributed by atoms with Crippen LogP contribution in [0.5, 0.6) is 5.75 Å². The number of benzene rings is 1. The number of halogens is 1. The summed E-state index contributed by atoms with van der Waals surface area (Å²) in [4.78, 5) is 11.2. The minimum Gasteiger partial charge on any atom is -0.426 e.